The van der Waals surface area contributed by atoms with Crippen molar-refractivity contribution < 1.29 is 4.74 Å². The molecule has 19 heavy (non-hydrogen) atoms. The van der Waals surface area contributed by atoms with E-state index in [1.165, 1.54) is 0 Å². The van der Waals surface area contributed by atoms with Gasteiger partial charge in [0.2, 0.25) is 0 Å². The van der Waals surface area contributed by atoms with Gasteiger partial charge in [-0.15, -0.1) is 11.3 Å². The summed E-state index contributed by atoms with van der Waals surface area (Å²) in [5, 5.41) is 0.741. The molecule has 0 aliphatic rings. The van der Waals surface area contributed by atoms with Crippen LogP contribution in [0.5, 0.6) is 5.75 Å². The summed E-state index contributed by atoms with van der Waals surface area (Å²) in [5.74, 6) is 0.772. The van der Waals surface area contributed by atoms with Crippen molar-refractivity contribution in [1.29, 1.82) is 0 Å². The molecular weight excluding hydrogens is 256 g/mol. The average molecular weight is 268 g/mol. The molecule has 0 amide bonds. The summed E-state index contributed by atoms with van der Waals surface area (Å²) >= 11 is 1.60. The van der Waals surface area contributed by atoms with Gasteiger partial charge in [-0.2, -0.15) is 0 Å². The van der Waals surface area contributed by atoms with Gasteiger partial charge in [0.25, 0.3) is 0 Å². The van der Waals surface area contributed by atoms with Gasteiger partial charge in [0.1, 0.15) is 5.75 Å². The second-order valence-corrected chi connectivity index (χ2v) is 5.29. The largest absolute Gasteiger partial charge is 0.497 e. The summed E-state index contributed by atoms with van der Waals surface area (Å²) in [7, 11) is 1.63. The first-order chi connectivity index (χ1) is 9.28. The lowest BCUT2D eigenvalue weighted by molar-refractivity contribution is 0.415. The van der Waals surface area contributed by atoms with Crippen molar-refractivity contribution in [2.24, 2.45) is 0 Å². The molecule has 0 unspecified atom stereocenters. The highest BCUT2D eigenvalue weighted by atomic mass is 32.1. The molecule has 2 aromatic carbocycles. The third-order valence-corrected chi connectivity index (χ3v) is 4.13. The van der Waals surface area contributed by atoms with Gasteiger partial charge in [0, 0.05) is 21.0 Å². The summed E-state index contributed by atoms with van der Waals surface area (Å²) in [4.78, 5) is 13.1. The highest BCUT2D eigenvalue weighted by molar-refractivity contribution is 7.21. The Kier molecular flexibility index (Phi) is 3.05. The number of hydrogen-bond acceptors (Lipinski definition) is 3. The fourth-order valence-corrected chi connectivity index (χ4v) is 3.12. The van der Waals surface area contributed by atoms with Crippen LogP contribution in [0, 0.1) is 0 Å². The van der Waals surface area contributed by atoms with Crippen molar-refractivity contribution >= 4 is 21.4 Å². The second-order valence-electron chi connectivity index (χ2n) is 4.20. The van der Waals surface area contributed by atoms with Crippen molar-refractivity contribution in [1.82, 2.24) is 0 Å². The second kappa shape index (κ2) is 4.86. The number of fused-ring (bicyclic) bond motifs is 1. The molecule has 0 saturated heterocycles. The van der Waals surface area contributed by atoms with Crippen LogP contribution in [0.1, 0.15) is 0 Å². The molecule has 0 fully saturated rings. The van der Waals surface area contributed by atoms with E-state index < -0.39 is 0 Å². The van der Waals surface area contributed by atoms with Gasteiger partial charge in [-0.25, -0.2) is 0 Å². The van der Waals surface area contributed by atoms with Crippen LogP contribution in [0.15, 0.2) is 59.4 Å². The normalized spacial score (nSPS) is 10.6. The lowest BCUT2D eigenvalue weighted by atomic mass is 10.1. The molecular formula is C16H12O2S. The highest BCUT2D eigenvalue weighted by Gasteiger charge is 2.05. The molecule has 94 valence electrons. The molecule has 0 N–H and O–H groups in total. The number of benzene rings is 2. The molecule has 0 bridgehead atoms. The lowest BCUT2D eigenvalue weighted by Crippen LogP contribution is -1.98. The summed E-state index contributed by atoms with van der Waals surface area (Å²) < 4.78 is 6.16. The van der Waals surface area contributed by atoms with Crippen LogP contribution in [-0.2, 0) is 0 Å². The lowest BCUT2D eigenvalue weighted by Gasteiger charge is -2.04. The van der Waals surface area contributed by atoms with Crippen LogP contribution < -0.4 is 10.2 Å². The van der Waals surface area contributed by atoms with Crippen LogP contribution in [0.3, 0.4) is 0 Å². The monoisotopic (exact) mass is 268 g/mol. The van der Waals surface area contributed by atoms with Gasteiger partial charge in [0.15, 0.2) is 5.43 Å². The predicted molar refractivity (Wildman–Crippen MR) is 80.1 cm³/mol. The first kappa shape index (κ1) is 11.9. The van der Waals surface area contributed by atoms with Gasteiger partial charge < -0.3 is 4.74 Å². The Morgan fingerprint density at radius 2 is 1.79 bits per heavy atom. The molecule has 0 aliphatic heterocycles. The fourth-order valence-electron chi connectivity index (χ4n) is 2.01. The maximum atomic E-state index is 12.1. The molecule has 1 aromatic heterocycles. The van der Waals surface area contributed by atoms with Crippen molar-refractivity contribution in [2.75, 3.05) is 7.11 Å². The standard InChI is InChI=1S/C16H12O2S/c1-18-12-7-8-13-14(17)10-15(19-16(13)9-12)11-5-3-2-4-6-11/h2-10H,1H3. The third-order valence-electron chi connectivity index (χ3n) is 2.99. The summed E-state index contributed by atoms with van der Waals surface area (Å²) in [5.41, 5.74) is 1.12. The Bertz CT molecular complexity index is 776. The number of methoxy groups -OCH3 is 1. The van der Waals surface area contributed by atoms with E-state index in [2.05, 4.69) is 0 Å². The maximum absolute atomic E-state index is 12.1. The minimum absolute atomic E-state index is 0.0512. The summed E-state index contributed by atoms with van der Waals surface area (Å²) in [6.07, 6.45) is 0. The summed E-state index contributed by atoms with van der Waals surface area (Å²) in [6.45, 7) is 0. The Labute approximate surface area is 114 Å². The van der Waals surface area contributed by atoms with Gasteiger partial charge >= 0.3 is 0 Å². The van der Waals surface area contributed by atoms with Crippen molar-refractivity contribution in [2.45, 2.75) is 0 Å². The molecule has 0 radical (unpaired) electrons. The van der Waals surface area contributed by atoms with Crippen LogP contribution in [0.2, 0.25) is 0 Å². The Morgan fingerprint density at radius 1 is 1.00 bits per heavy atom. The van der Waals surface area contributed by atoms with Gasteiger partial charge in [-0.05, 0) is 23.8 Å². The predicted octanol–water partition coefficient (Wildman–Crippen LogP) is 3.94. The first-order valence-corrected chi connectivity index (χ1v) is 6.77. The van der Waals surface area contributed by atoms with Crippen LogP contribution in [0.4, 0.5) is 0 Å². The van der Waals surface area contributed by atoms with Crippen LogP contribution in [0.25, 0.3) is 20.5 Å². The molecule has 3 aromatic rings. The van der Waals surface area contributed by atoms with E-state index in [1.54, 1.807) is 24.5 Å². The van der Waals surface area contributed by atoms with E-state index in [4.69, 9.17) is 4.74 Å². The molecule has 2 nitrogen and oxygen atoms in total. The van der Waals surface area contributed by atoms with E-state index >= 15 is 0 Å². The average Bonchev–Trinajstić information content (AvgIpc) is 2.47. The van der Waals surface area contributed by atoms with Crippen molar-refractivity contribution in [3.8, 4) is 16.2 Å². The molecule has 0 spiro atoms. The minimum atomic E-state index is 0.0512. The smallest absolute Gasteiger partial charge is 0.188 e. The van der Waals surface area contributed by atoms with E-state index in [1.807, 2.05) is 48.5 Å². The van der Waals surface area contributed by atoms with E-state index in [-0.39, 0.29) is 5.43 Å². The van der Waals surface area contributed by atoms with E-state index in [0.29, 0.717) is 0 Å². The van der Waals surface area contributed by atoms with Crippen molar-refractivity contribution in [3.05, 3.63) is 64.8 Å². The van der Waals surface area contributed by atoms with Crippen LogP contribution in [-0.4, -0.2) is 7.11 Å². The quantitative estimate of drug-likeness (QED) is 0.703. The zero-order valence-corrected chi connectivity index (χ0v) is 11.2. The highest BCUT2D eigenvalue weighted by Crippen LogP contribution is 2.29. The SMILES string of the molecule is COc1ccc2c(=O)cc(-c3ccccc3)sc2c1. The van der Waals surface area contributed by atoms with E-state index in [9.17, 15) is 4.79 Å². The Morgan fingerprint density at radius 3 is 2.53 bits per heavy atom. The topological polar surface area (TPSA) is 26.3 Å². The molecule has 3 rings (SSSR count). The van der Waals surface area contributed by atoms with Gasteiger partial charge in [-0.3, -0.25) is 4.79 Å². The molecule has 0 atom stereocenters. The minimum Gasteiger partial charge on any atom is -0.497 e. The zero-order chi connectivity index (χ0) is 13.2. The Balaban J connectivity index is 2.26. The van der Waals surface area contributed by atoms with Crippen molar-refractivity contribution in [3.63, 3.8) is 0 Å². The zero-order valence-electron chi connectivity index (χ0n) is 10.4. The molecule has 3 heteroatoms. The molecule has 0 saturated carbocycles. The van der Waals surface area contributed by atoms with Gasteiger partial charge in [-0.1, -0.05) is 30.3 Å². The van der Waals surface area contributed by atoms with Crippen LogP contribution >= 0.6 is 11.3 Å². The summed E-state index contributed by atoms with van der Waals surface area (Å²) in [6, 6.07) is 17.2. The molecule has 1 heterocycles. The van der Waals surface area contributed by atoms with Gasteiger partial charge in [0.05, 0.1) is 7.11 Å². The molecule has 0 aliphatic carbocycles. The number of rotatable bonds is 2. The third kappa shape index (κ3) is 2.25. The van der Waals surface area contributed by atoms with E-state index in [0.717, 1.165) is 26.3 Å². The Hall–Kier alpha value is -2.13. The maximum Gasteiger partial charge on any atom is 0.188 e. The first-order valence-electron chi connectivity index (χ1n) is 5.95. The number of ether oxygens (including phenoxy) is 1. The fraction of sp³-hybridized carbons (Fsp3) is 0.0625. The number of hydrogen-bond donors (Lipinski definition) is 0.